The minimum Gasteiger partial charge on any atom is -0.496 e. The molecule has 0 unspecified atom stereocenters. The van der Waals surface area contributed by atoms with Gasteiger partial charge in [-0.2, -0.15) is 0 Å². The average molecular weight is 440 g/mol. The largest absolute Gasteiger partial charge is 0.496 e. The number of aromatic nitrogens is 1. The number of ether oxygens (including phenoxy) is 2. The molecule has 3 aromatic rings. The zero-order valence-corrected chi connectivity index (χ0v) is 15.9. The zero-order chi connectivity index (χ0) is 16.8. The SMILES string of the molecule is COc1cc2cccnc2cc1Br.COc1ccc(N)cc1Br. The van der Waals surface area contributed by atoms with Gasteiger partial charge in [-0.15, -0.1) is 0 Å². The van der Waals surface area contributed by atoms with Crippen molar-refractivity contribution >= 4 is 48.5 Å². The minimum atomic E-state index is 0.729. The van der Waals surface area contributed by atoms with E-state index in [-0.39, 0.29) is 0 Å². The first-order chi connectivity index (χ1) is 11.0. The minimum absolute atomic E-state index is 0.729. The van der Waals surface area contributed by atoms with Crippen molar-refractivity contribution in [1.29, 1.82) is 0 Å². The van der Waals surface area contributed by atoms with Crippen LogP contribution in [0.2, 0.25) is 0 Å². The predicted octanol–water partition coefficient (Wildman–Crippen LogP) is 5.05. The quantitative estimate of drug-likeness (QED) is 0.568. The van der Waals surface area contributed by atoms with E-state index in [4.69, 9.17) is 15.2 Å². The molecular weight excluding hydrogens is 424 g/mol. The zero-order valence-electron chi connectivity index (χ0n) is 12.7. The van der Waals surface area contributed by atoms with Gasteiger partial charge in [-0.3, -0.25) is 4.98 Å². The Labute approximate surface area is 151 Å². The third kappa shape index (κ3) is 4.59. The highest BCUT2D eigenvalue weighted by molar-refractivity contribution is 9.10. The summed E-state index contributed by atoms with van der Waals surface area (Å²) in [6.45, 7) is 0. The average Bonchev–Trinajstić information content (AvgIpc) is 2.55. The molecule has 0 aliphatic rings. The van der Waals surface area contributed by atoms with Crippen molar-refractivity contribution in [2.75, 3.05) is 20.0 Å². The molecule has 0 fully saturated rings. The van der Waals surface area contributed by atoms with E-state index in [2.05, 4.69) is 36.8 Å². The van der Waals surface area contributed by atoms with Gasteiger partial charge in [0.1, 0.15) is 11.5 Å². The lowest BCUT2D eigenvalue weighted by Gasteiger charge is -2.04. The van der Waals surface area contributed by atoms with Gasteiger partial charge in [0.15, 0.2) is 0 Å². The number of nitrogens with two attached hydrogens (primary N) is 1. The van der Waals surface area contributed by atoms with Crippen LogP contribution in [0, 0.1) is 0 Å². The summed E-state index contributed by atoms with van der Waals surface area (Å²) in [5.41, 5.74) is 7.19. The molecule has 1 heterocycles. The van der Waals surface area contributed by atoms with Crippen LogP contribution in [0.4, 0.5) is 5.69 Å². The fraction of sp³-hybridized carbons (Fsp3) is 0.118. The second kappa shape index (κ2) is 8.17. The third-order valence-electron chi connectivity index (χ3n) is 3.05. The van der Waals surface area contributed by atoms with Crippen molar-refractivity contribution in [3.05, 3.63) is 57.6 Å². The normalized spacial score (nSPS) is 9.91. The smallest absolute Gasteiger partial charge is 0.133 e. The van der Waals surface area contributed by atoms with Crippen LogP contribution in [-0.2, 0) is 0 Å². The molecule has 23 heavy (non-hydrogen) atoms. The second-order valence-electron chi connectivity index (χ2n) is 4.58. The molecule has 4 nitrogen and oxygen atoms in total. The number of halogens is 2. The monoisotopic (exact) mass is 438 g/mol. The highest BCUT2D eigenvalue weighted by atomic mass is 79.9. The van der Waals surface area contributed by atoms with Gasteiger partial charge in [-0.25, -0.2) is 0 Å². The van der Waals surface area contributed by atoms with E-state index in [9.17, 15) is 0 Å². The lowest BCUT2D eigenvalue weighted by Crippen LogP contribution is -1.87. The molecule has 0 aliphatic carbocycles. The molecule has 0 radical (unpaired) electrons. The fourth-order valence-electron chi connectivity index (χ4n) is 1.91. The van der Waals surface area contributed by atoms with Gasteiger partial charge in [0.25, 0.3) is 0 Å². The first-order valence-electron chi connectivity index (χ1n) is 6.72. The first kappa shape index (κ1) is 17.6. The van der Waals surface area contributed by atoms with Crippen LogP contribution in [0.3, 0.4) is 0 Å². The molecule has 6 heteroatoms. The summed E-state index contributed by atoms with van der Waals surface area (Å²) in [4.78, 5) is 4.23. The molecule has 0 atom stereocenters. The third-order valence-corrected chi connectivity index (χ3v) is 4.29. The summed E-state index contributed by atoms with van der Waals surface area (Å²) in [6, 6.07) is 13.3. The highest BCUT2D eigenvalue weighted by Crippen LogP contribution is 2.29. The number of nitrogen functional groups attached to an aromatic ring is 1. The Morgan fingerprint density at radius 1 is 0.913 bits per heavy atom. The van der Waals surface area contributed by atoms with E-state index < -0.39 is 0 Å². The van der Waals surface area contributed by atoms with Crippen molar-refractivity contribution in [2.45, 2.75) is 0 Å². The van der Waals surface area contributed by atoms with Crippen LogP contribution in [0.25, 0.3) is 10.9 Å². The summed E-state index contributed by atoms with van der Waals surface area (Å²) in [7, 11) is 3.28. The number of pyridine rings is 1. The molecule has 0 aliphatic heterocycles. The lowest BCUT2D eigenvalue weighted by molar-refractivity contribution is 0.412. The molecular formula is C17H16Br2N2O2. The van der Waals surface area contributed by atoms with Gasteiger partial charge >= 0.3 is 0 Å². The van der Waals surface area contributed by atoms with Gasteiger partial charge in [-0.1, -0.05) is 6.07 Å². The van der Waals surface area contributed by atoms with Crippen LogP contribution in [0.15, 0.2) is 57.6 Å². The molecule has 0 saturated carbocycles. The second-order valence-corrected chi connectivity index (χ2v) is 6.29. The van der Waals surface area contributed by atoms with Gasteiger partial charge < -0.3 is 15.2 Å². The van der Waals surface area contributed by atoms with Crippen molar-refractivity contribution < 1.29 is 9.47 Å². The Balaban J connectivity index is 0.000000174. The molecule has 0 saturated heterocycles. The highest BCUT2D eigenvalue weighted by Gasteiger charge is 2.02. The van der Waals surface area contributed by atoms with E-state index in [0.717, 1.165) is 37.0 Å². The molecule has 0 bridgehead atoms. The number of anilines is 1. The molecule has 0 spiro atoms. The summed E-state index contributed by atoms with van der Waals surface area (Å²) >= 11 is 6.71. The van der Waals surface area contributed by atoms with Crippen LogP contribution >= 0.6 is 31.9 Å². The molecule has 2 N–H and O–H groups in total. The molecule has 2 aromatic carbocycles. The Bertz CT molecular complexity index is 810. The van der Waals surface area contributed by atoms with Gasteiger partial charge in [0.05, 0.1) is 28.7 Å². The standard InChI is InChI=1S/C10H8BrNO.C7H8BrNO/c1-13-10-5-7-3-2-4-12-9(7)6-8(10)11;1-10-7-3-2-5(9)4-6(7)8/h2-6H,1H3;2-4H,9H2,1H3. The Morgan fingerprint density at radius 3 is 2.26 bits per heavy atom. The van der Waals surface area contributed by atoms with Crippen LogP contribution in [-0.4, -0.2) is 19.2 Å². The van der Waals surface area contributed by atoms with Gasteiger partial charge in [0, 0.05) is 17.3 Å². The number of rotatable bonds is 2. The Morgan fingerprint density at radius 2 is 1.61 bits per heavy atom. The first-order valence-corrected chi connectivity index (χ1v) is 8.31. The number of nitrogens with zero attached hydrogens (tertiary/aromatic N) is 1. The Hall–Kier alpha value is -1.79. The fourth-order valence-corrected chi connectivity index (χ4v) is 2.96. The molecule has 3 rings (SSSR count). The van der Waals surface area contributed by atoms with Crippen molar-refractivity contribution in [3.8, 4) is 11.5 Å². The van der Waals surface area contributed by atoms with Crippen LogP contribution < -0.4 is 15.2 Å². The summed E-state index contributed by atoms with van der Waals surface area (Å²) < 4.78 is 12.0. The van der Waals surface area contributed by atoms with Gasteiger partial charge in [0.2, 0.25) is 0 Å². The van der Waals surface area contributed by atoms with E-state index in [1.807, 2.05) is 30.3 Å². The van der Waals surface area contributed by atoms with Crippen LogP contribution in [0.1, 0.15) is 0 Å². The number of benzene rings is 2. The summed E-state index contributed by atoms with van der Waals surface area (Å²) in [5, 5.41) is 1.09. The van der Waals surface area contributed by atoms with E-state index in [1.165, 1.54) is 0 Å². The summed E-state index contributed by atoms with van der Waals surface area (Å²) in [5.74, 6) is 1.63. The Kier molecular flexibility index (Phi) is 6.24. The van der Waals surface area contributed by atoms with Crippen molar-refractivity contribution in [1.82, 2.24) is 4.98 Å². The maximum atomic E-state index is 5.50. The van der Waals surface area contributed by atoms with E-state index in [0.29, 0.717) is 0 Å². The lowest BCUT2D eigenvalue weighted by atomic mass is 10.2. The molecule has 0 amide bonds. The van der Waals surface area contributed by atoms with Crippen molar-refractivity contribution in [2.24, 2.45) is 0 Å². The maximum Gasteiger partial charge on any atom is 0.133 e. The molecule has 1 aromatic heterocycles. The maximum absolute atomic E-state index is 5.50. The molecule has 120 valence electrons. The van der Waals surface area contributed by atoms with E-state index in [1.54, 1.807) is 32.5 Å². The predicted molar refractivity (Wildman–Crippen MR) is 101 cm³/mol. The number of hydrogen-bond acceptors (Lipinski definition) is 4. The summed E-state index contributed by atoms with van der Waals surface area (Å²) in [6.07, 6.45) is 1.78. The number of fused-ring (bicyclic) bond motifs is 1. The topological polar surface area (TPSA) is 57.4 Å². The van der Waals surface area contributed by atoms with Crippen LogP contribution in [0.5, 0.6) is 11.5 Å². The van der Waals surface area contributed by atoms with Gasteiger partial charge in [-0.05, 0) is 68.3 Å². The van der Waals surface area contributed by atoms with Crippen molar-refractivity contribution in [3.63, 3.8) is 0 Å². The number of hydrogen-bond donors (Lipinski definition) is 1. The van der Waals surface area contributed by atoms with E-state index >= 15 is 0 Å². The number of methoxy groups -OCH3 is 2.